The summed E-state index contributed by atoms with van der Waals surface area (Å²) in [6.45, 7) is 0. The van der Waals surface area contributed by atoms with Crippen LogP contribution in [0, 0.1) is 0 Å². The van der Waals surface area contributed by atoms with E-state index in [1.807, 2.05) is 19.3 Å². The standard InChI is InChI=1S/C13H15N3O/c1-14-11-3-2-4-12-10(11)7-15-13(16-12)9-5-6-17-8-9/h5-8,11,14H,2-4H2,1H3. The highest BCUT2D eigenvalue weighted by atomic mass is 16.3. The van der Waals surface area contributed by atoms with Gasteiger partial charge in [-0.3, -0.25) is 0 Å². The maximum Gasteiger partial charge on any atom is 0.162 e. The minimum absolute atomic E-state index is 0.400. The van der Waals surface area contributed by atoms with Crippen LogP contribution in [-0.4, -0.2) is 17.0 Å². The Hall–Kier alpha value is -1.68. The van der Waals surface area contributed by atoms with Gasteiger partial charge in [0.1, 0.15) is 6.26 Å². The van der Waals surface area contributed by atoms with E-state index >= 15 is 0 Å². The van der Waals surface area contributed by atoms with Crippen molar-refractivity contribution in [2.45, 2.75) is 25.3 Å². The van der Waals surface area contributed by atoms with E-state index in [2.05, 4.69) is 15.3 Å². The van der Waals surface area contributed by atoms with Gasteiger partial charge >= 0.3 is 0 Å². The lowest BCUT2D eigenvalue weighted by Gasteiger charge is -2.23. The van der Waals surface area contributed by atoms with E-state index < -0.39 is 0 Å². The molecule has 4 nitrogen and oxygen atoms in total. The third-order valence-corrected chi connectivity index (χ3v) is 3.31. The Labute approximate surface area is 100 Å². The molecule has 0 fully saturated rings. The Bertz CT molecular complexity index is 507. The number of rotatable bonds is 2. The normalized spacial score (nSPS) is 19.0. The van der Waals surface area contributed by atoms with Crippen molar-refractivity contribution < 1.29 is 4.42 Å². The van der Waals surface area contributed by atoms with Gasteiger partial charge in [0, 0.05) is 23.5 Å². The number of aromatic nitrogens is 2. The fourth-order valence-corrected chi connectivity index (χ4v) is 2.38. The summed E-state index contributed by atoms with van der Waals surface area (Å²) >= 11 is 0. The molecule has 0 aromatic carbocycles. The van der Waals surface area contributed by atoms with E-state index in [4.69, 9.17) is 4.42 Å². The molecule has 2 aromatic heterocycles. The third-order valence-electron chi connectivity index (χ3n) is 3.31. The average molecular weight is 229 g/mol. The maximum atomic E-state index is 5.06. The summed E-state index contributed by atoms with van der Waals surface area (Å²) in [7, 11) is 1.99. The van der Waals surface area contributed by atoms with Crippen molar-refractivity contribution in [1.82, 2.24) is 15.3 Å². The van der Waals surface area contributed by atoms with Crippen LogP contribution in [0.15, 0.2) is 29.2 Å². The molecule has 0 bridgehead atoms. The largest absolute Gasteiger partial charge is 0.472 e. The zero-order chi connectivity index (χ0) is 11.7. The molecule has 88 valence electrons. The van der Waals surface area contributed by atoms with Gasteiger partial charge in [-0.05, 0) is 32.4 Å². The van der Waals surface area contributed by atoms with Crippen LogP contribution in [0.25, 0.3) is 11.4 Å². The number of aryl methyl sites for hydroxylation is 1. The van der Waals surface area contributed by atoms with E-state index in [1.165, 1.54) is 17.7 Å². The van der Waals surface area contributed by atoms with Gasteiger partial charge in [-0.25, -0.2) is 9.97 Å². The van der Waals surface area contributed by atoms with E-state index in [0.29, 0.717) is 6.04 Å². The van der Waals surface area contributed by atoms with Crippen LogP contribution in [0.4, 0.5) is 0 Å². The number of fused-ring (bicyclic) bond motifs is 1. The molecule has 3 rings (SSSR count). The van der Waals surface area contributed by atoms with Crippen LogP contribution in [-0.2, 0) is 6.42 Å². The van der Waals surface area contributed by atoms with Gasteiger partial charge in [0.05, 0.1) is 11.8 Å². The zero-order valence-electron chi connectivity index (χ0n) is 9.81. The van der Waals surface area contributed by atoms with Gasteiger partial charge < -0.3 is 9.73 Å². The molecule has 1 unspecified atom stereocenters. The van der Waals surface area contributed by atoms with Crippen LogP contribution >= 0.6 is 0 Å². The zero-order valence-corrected chi connectivity index (χ0v) is 9.81. The highest BCUT2D eigenvalue weighted by Crippen LogP contribution is 2.29. The third kappa shape index (κ3) is 1.85. The molecule has 0 saturated carbocycles. The summed E-state index contributed by atoms with van der Waals surface area (Å²) in [4.78, 5) is 9.06. The Morgan fingerprint density at radius 3 is 3.18 bits per heavy atom. The van der Waals surface area contributed by atoms with Crippen molar-refractivity contribution >= 4 is 0 Å². The second-order valence-electron chi connectivity index (χ2n) is 4.34. The highest BCUT2D eigenvalue weighted by molar-refractivity contribution is 5.53. The Morgan fingerprint density at radius 1 is 1.47 bits per heavy atom. The van der Waals surface area contributed by atoms with Gasteiger partial charge in [0.25, 0.3) is 0 Å². The summed E-state index contributed by atoms with van der Waals surface area (Å²) in [6.07, 6.45) is 8.67. The fourth-order valence-electron chi connectivity index (χ4n) is 2.38. The number of furan rings is 1. The summed E-state index contributed by atoms with van der Waals surface area (Å²) < 4.78 is 5.06. The molecule has 2 heterocycles. The maximum absolute atomic E-state index is 5.06. The SMILES string of the molecule is CNC1CCCc2nc(-c3ccoc3)ncc21. The molecular formula is C13H15N3O. The van der Waals surface area contributed by atoms with Crippen molar-refractivity contribution in [2.24, 2.45) is 0 Å². The molecule has 17 heavy (non-hydrogen) atoms. The molecule has 1 aliphatic carbocycles. The quantitative estimate of drug-likeness (QED) is 0.858. The van der Waals surface area contributed by atoms with Crippen LogP contribution in [0.1, 0.15) is 30.1 Å². The summed E-state index contributed by atoms with van der Waals surface area (Å²) in [5.74, 6) is 0.759. The van der Waals surface area contributed by atoms with Gasteiger partial charge in [-0.2, -0.15) is 0 Å². The first-order chi connectivity index (χ1) is 8.38. The van der Waals surface area contributed by atoms with Crippen molar-refractivity contribution in [3.05, 3.63) is 36.0 Å². The lowest BCUT2D eigenvalue weighted by molar-refractivity contribution is 0.487. The van der Waals surface area contributed by atoms with Crippen LogP contribution < -0.4 is 5.32 Å². The monoisotopic (exact) mass is 229 g/mol. The van der Waals surface area contributed by atoms with E-state index in [-0.39, 0.29) is 0 Å². The van der Waals surface area contributed by atoms with E-state index in [1.54, 1.807) is 12.5 Å². The van der Waals surface area contributed by atoms with Gasteiger partial charge in [-0.15, -0.1) is 0 Å². The fraction of sp³-hybridized carbons (Fsp3) is 0.385. The van der Waals surface area contributed by atoms with Crippen LogP contribution in [0.5, 0.6) is 0 Å². The highest BCUT2D eigenvalue weighted by Gasteiger charge is 2.21. The van der Waals surface area contributed by atoms with Gasteiger partial charge in [0.2, 0.25) is 0 Å². The van der Waals surface area contributed by atoms with Gasteiger partial charge in [-0.1, -0.05) is 0 Å². The number of nitrogens with zero attached hydrogens (tertiary/aromatic N) is 2. The molecular weight excluding hydrogens is 214 g/mol. The van der Waals surface area contributed by atoms with Crippen molar-refractivity contribution in [1.29, 1.82) is 0 Å². The number of hydrogen-bond acceptors (Lipinski definition) is 4. The molecule has 0 amide bonds. The smallest absolute Gasteiger partial charge is 0.162 e. The Kier molecular flexibility index (Phi) is 2.65. The van der Waals surface area contributed by atoms with Crippen molar-refractivity contribution in [2.75, 3.05) is 7.05 Å². The predicted octanol–water partition coefficient (Wildman–Crippen LogP) is 2.33. The number of nitrogens with one attached hydrogen (secondary N) is 1. The molecule has 0 radical (unpaired) electrons. The molecule has 1 N–H and O–H groups in total. The second-order valence-corrected chi connectivity index (χ2v) is 4.34. The average Bonchev–Trinajstić information content (AvgIpc) is 2.91. The Morgan fingerprint density at radius 2 is 2.41 bits per heavy atom. The summed E-state index contributed by atoms with van der Waals surface area (Å²) in [6, 6.07) is 2.29. The van der Waals surface area contributed by atoms with Crippen molar-refractivity contribution in [3.8, 4) is 11.4 Å². The first kappa shape index (κ1) is 10.5. The van der Waals surface area contributed by atoms with Crippen LogP contribution in [0.3, 0.4) is 0 Å². The summed E-state index contributed by atoms with van der Waals surface area (Å²) in [5.41, 5.74) is 3.35. The second kappa shape index (κ2) is 4.30. The minimum atomic E-state index is 0.400. The minimum Gasteiger partial charge on any atom is -0.472 e. The molecule has 0 saturated heterocycles. The first-order valence-electron chi connectivity index (χ1n) is 5.94. The molecule has 0 aliphatic heterocycles. The lowest BCUT2D eigenvalue weighted by atomic mass is 9.92. The Balaban J connectivity index is 2.02. The predicted molar refractivity (Wildman–Crippen MR) is 64.5 cm³/mol. The summed E-state index contributed by atoms with van der Waals surface area (Å²) in [5, 5.41) is 3.32. The van der Waals surface area contributed by atoms with Crippen LogP contribution in [0.2, 0.25) is 0 Å². The molecule has 1 aliphatic rings. The molecule has 4 heteroatoms. The molecule has 1 atom stereocenters. The van der Waals surface area contributed by atoms with Gasteiger partial charge in [0.15, 0.2) is 5.82 Å². The molecule has 0 spiro atoms. The topological polar surface area (TPSA) is 51.0 Å². The lowest BCUT2D eigenvalue weighted by Crippen LogP contribution is -2.22. The molecule has 2 aromatic rings. The van der Waals surface area contributed by atoms with Crippen molar-refractivity contribution in [3.63, 3.8) is 0 Å². The van der Waals surface area contributed by atoms with E-state index in [0.717, 1.165) is 24.2 Å². The number of hydrogen-bond donors (Lipinski definition) is 1. The van der Waals surface area contributed by atoms with E-state index in [9.17, 15) is 0 Å². The first-order valence-corrected chi connectivity index (χ1v) is 5.94.